The van der Waals surface area contributed by atoms with Crippen molar-refractivity contribution in [3.63, 3.8) is 0 Å². The van der Waals surface area contributed by atoms with E-state index in [4.69, 9.17) is 9.84 Å². The molecule has 6 nitrogen and oxygen atoms in total. The van der Waals surface area contributed by atoms with Gasteiger partial charge in [0.2, 0.25) is 0 Å². The highest BCUT2D eigenvalue weighted by Gasteiger charge is 2.35. The number of rotatable bonds is 5. The van der Waals surface area contributed by atoms with Gasteiger partial charge in [-0.15, -0.1) is 0 Å². The largest absolute Gasteiger partial charge is 0.392 e. The summed E-state index contributed by atoms with van der Waals surface area (Å²) in [5, 5.41) is 14.3. The van der Waals surface area contributed by atoms with Crippen molar-refractivity contribution in [2.75, 3.05) is 26.3 Å². The van der Waals surface area contributed by atoms with Crippen LogP contribution in [-0.2, 0) is 19.7 Å². The molecule has 23 heavy (non-hydrogen) atoms. The third-order valence-electron chi connectivity index (χ3n) is 4.19. The van der Waals surface area contributed by atoms with Gasteiger partial charge in [-0.1, -0.05) is 30.3 Å². The molecule has 6 heteroatoms. The van der Waals surface area contributed by atoms with Crippen LogP contribution in [0.2, 0.25) is 0 Å². The number of ether oxygens (including phenoxy) is 1. The van der Waals surface area contributed by atoms with Gasteiger partial charge in [0.25, 0.3) is 0 Å². The molecule has 126 valence electrons. The third-order valence-corrected chi connectivity index (χ3v) is 4.19. The highest BCUT2D eigenvalue weighted by Crippen LogP contribution is 2.34. The number of hydrogen-bond donors (Lipinski definition) is 3. The van der Waals surface area contributed by atoms with Crippen LogP contribution >= 0.6 is 0 Å². The lowest BCUT2D eigenvalue weighted by atomic mass is 9.74. The molecule has 1 unspecified atom stereocenters. The fourth-order valence-corrected chi connectivity index (χ4v) is 2.77. The van der Waals surface area contributed by atoms with Gasteiger partial charge in [-0.3, -0.25) is 9.59 Å². The average Bonchev–Trinajstić information content (AvgIpc) is 2.59. The highest BCUT2D eigenvalue weighted by molar-refractivity contribution is 6.35. The fraction of sp³-hybridized carbons (Fsp3) is 0.529. The van der Waals surface area contributed by atoms with Crippen LogP contribution in [0.25, 0.3) is 0 Å². The van der Waals surface area contributed by atoms with Crippen molar-refractivity contribution in [2.24, 2.45) is 0 Å². The molecule has 0 aromatic heterocycles. The fourth-order valence-electron chi connectivity index (χ4n) is 2.77. The summed E-state index contributed by atoms with van der Waals surface area (Å²) < 4.78 is 5.45. The molecule has 0 radical (unpaired) electrons. The van der Waals surface area contributed by atoms with E-state index in [1.54, 1.807) is 6.92 Å². The Morgan fingerprint density at radius 3 is 2.39 bits per heavy atom. The number of carbonyl (C=O) groups excluding carboxylic acids is 2. The molecule has 2 rings (SSSR count). The maximum Gasteiger partial charge on any atom is 0.309 e. The number of aliphatic hydroxyl groups is 1. The standard InChI is InChI=1S/C17H24N2O4/c1-13(20)11-18-15(21)16(22)19-12-17(7-9-23-10-8-17)14-5-3-2-4-6-14/h2-6,13,20H,7-12H2,1H3,(H,18,21)(H,19,22). The van der Waals surface area contributed by atoms with Gasteiger partial charge in [0.05, 0.1) is 6.10 Å². The zero-order valence-electron chi connectivity index (χ0n) is 13.4. The summed E-state index contributed by atoms with van der Waals surface area (Å²) in [6.45, 7) is 3.27. The molecule has 0 spiro atoms. The summed E-state index contributed by atoms with van der Waals surface area (Å²) >= 11 is 0. The normalized spacial score (nSPS) is 18.0. The number of amides is 2. The zero-order valence-corrected chi connectivity index (χ0v) is 13.4. The molecule has 0 saturated carbocycles. The van der Waals surface area contributed by atoms with Crippen molar-refractivity contribution in [3.05, 3.63) is 35.9 Å². The van der Waals surface area contributed by atoms with E-state index in [1.165, 1.54) is 0 Å². The third kappa shape index (κ3) is 4.77. The molecule has 0 aliphatic carbocycles. The van der Waals surface area contributed by atoms with Crippen LogP contribution in [0.5, 0.6) is 0 Å². The quantitative estimate of drug-likeness (QED) is 0.683. The van der Waals surface area contributed by atoms with Crippen LogP contribution in [0.1, 0.15) is 25.3 Å². The molecule has 3 N–H and O–H groups in total. The summed E-state index contributed by atoms with van der Waals surface area (Å²) in [7, 11) is 0. The van der Waals surface area contributed by atoms with E-state index in [2.05, 4.69) is 10.6 Å². The summed E-state index contributed by atoms with van der Waals surface area (Å²) in [6, 6.07) is 10.0. The van der Waals surface area contributed by atoms with Crippen LogP contribution < -0.4 is 10.6 Å². The second-order valence-electron chi connectivity index (χ2n) is 6.00. The Morgan fingerprint density at radius 1 is 1.17 bits per heavy atom. The molecule has 1 aliphatic rings. The number of carbonyl (C=O) groups is 2. The van der Waals surface area contributed by atoms with Crippen molar-refractivity contribution < 1.29 is 19.4 Å². The van der Waals surface area contributed by atoms with Crippen LogP contribution in [-0.4, -0.2) is 49.3 Å². The SMILES string of the molecule is CC(O)CNC(=O)C(=O)NCC1(c2ccccc2)CCOCC1. The lowest BCUT2D eigenvalue weighted by molar-refractivity contribution is -0.139. The maximum absolute atomic E-state index is 11.9. The van der Waals surface area contributed by atoms with Crippen molar-refractivity contribution in [2.45, 2.75) is 31.3 Å². The van der Waals surface area contributed by atoms with Gasteiger partial charge in [-0.2, -0.15) is 0 Å². The number of benzene rings is 1. The van der Waals surface area contributed by atoms with E-state index >= 15 is 0 Å². The Morgan fingerprint density at radius 2 is 1.78 bits per heavy atom. The minimum atomic E-state index is -0.721. The van der Waals surface area contributed by atoms with E-state index in [0.29, 0.717) is 19.8 Å². The molecular weight excluding hydrogens is 296 g/mol. The van der Waals surface area contributed by atoms with Gasteiger partial charge < -0.3 is 20.5 Å². The van der Waals surface area contributed by atoms with Gasteiger partial charge in [-0.05, 0) is 25.3 Å². The van der Waals surface area contributed by atoms with Crippen LogP contribution in [0.15, 0.2) is 30.3 Å². The van der Waals surface area contributed by atoms with Gasteiger partial charge in [-0.25, -0.2) is 0 Å². The Labute approximate surface area is 136 Å². The van der Waals surface area contributed by atoms with Gasteiger partial charge >= 0.3 is 11.8 Å². The molecule has 1 heterocycles. The topological polar surface area (TPSA) is 87.7 Å². The van der Waals surface area contributed by atoms with Crippen molar-refractivity contribution >= 4 is 11.8 Å². The number of nitrogens with one attached hydrogen (secondary N) is 2. The molecule has 2 amide bonds. The summed E-state index contributed by atoms with van der Waals surface area (Å²) in [4.78, 5) is 23.6. The van der Waals surface area contributed by atoms with Crippen molar-refractivity contribution in [1.29, 1.82) is 0 Å². The molecule has 0 bridgehead atoms. The van der Waals surface area contributed by atoms with Crippen LogP contribution in [0, 0.1) is 0 Å². The van der Waals surface area contributed by atoms with Crippen LogP contribution in [0.4, 0.5) is 0 Å². The predicted molar refractivity (Wildman–Crippen MR) is 85.9 cm³/mol. The number of hydrogen-bond acceptors (Lipinski definition) is 4. The summed E-state index contributed by atoms with van der Waals surface area (Å²) in [5.74, 6) is -1.39. The number of aliphatic hydroxyl groups excluding tert-OH is 1. The Kier molecular flexibility index (Phi) is 6.12. The second kappa shape index (κ2) is 8.08. The lowest BCUT2D eigenvalue weighted by Crippen LogP contribution is -2.49. The Bertz CT molecular complexity index is 525. The smallest absolute Gasteiger partial charge is 0.309 e. The van der Waals surface area contributed by atoms with Crippen molar-refractivity contribution in [1.82, 2.24) is 10.6 Å². The van der Waals surface area contributed by atoms with Gasteiger partial charge in [0, 0.05) is 31.7 Å². The van der Waals surface area contributed by atoms with E-state index in [1.807, 2.05) is 30.3 Å². The average molecular weight is 320 g/mol. The molecule has 1 fully saturated rings. The first kappa shape index (κ1) is 17.4. The first-order valence-electron chi connectivity index (χ1n) is 7.91. The first-order valence-corrected chi connectivity index (χ1v) is 7.91. The van der Waals surface area contributed by atoms with E-state index in [0.717, 1.165) is 18.4 Å². The molecule has 1 aromatic rings. The second-order valence-corrected chi connectivity index (χ2v) is 6.00. The molecule has 1 saturated heterocycles. The summed E-state index contributed by atoms with van der Waals surface area (Å²) in [5.41, 5.74) is 0.938. The zero-order chi connectivity index (χ0) is 16.7. The molecule has 1 atom stereocenters. The monoisotopic (exact) mass is 320 g/mol. The molecular formula is C17H24N2O4. The molecule has 1 aromatic carbocycles. The summed E-state index contributed by atoms with van der Waals surface area (Å²) in [6.07, 6.45) is 0.914. The predicted octanol–water partition coefficient (Wildman–Crippen LogP) is 0.348. The molecule has 1 aliphatic heterocycles. The van der Waals surface area contributed by atoms with E-state index in [-0.39, 0.29) is 12.0 Å². The lowest BCUT2D eigenvalue weighted by Gasteiger charge is -2.37. The minimum Gasteiger partial charge on any atom is -0.392 e. The van der Waals surface area contributed by atoms with E-state index in [9.17, 15) is 9.59 Å². The Balaban J connectivity index is 1.99. The van der Waals surface area contributed by atoms with E-state index < -0.39 is 17.9 Å². The first-order chi connectivity index (χ1) is 11.0. The van der Waals surface area contributed by atoms with Gasteiger partial charge in [0.15, 0.2) is 0 Å². The maximum atomic E-state index is 11.9. The van der Waals surface area contributed by atoms with Crippen molar-refractivity contribution in [3.8, 4) is 0 Å². The van der Waals surface area contributed by atoms with Crippen LogP contribution in [0.3, 0.4) is 0 Å². The highest BCUT2D eigenvalue weighted by atomic mass is 16.5. The van der Waals surface area contributed by atoms with Gasteiger partial charge in [0.1, 0.15) is 0 Å². The Hall–Kier alpha value is -1.92. The minimum absolute atomic E-state index is 0.0594.